The van der Waals surface area contributed by atoms with Crippen LogP contribution in [0.3, 0.4) is 0 Å². The lowest BCUT2D eigenvalue weighted by Crippen LogP contribution is -2.11. The van der Waals surface area contributed by atoms with Gasteiger partial charge < -0.3 is 14.8 Å². The van der Waals surface area contributed by atoms with Crippen LogP contribution in [0.1, 0.15) is 15.9 Å². The summed E-state index contributed by atoms with van der Waals surface area (Å²) in [7, 11) is 0. The Labute approximate surface area is 124 Å². The second-order valence-corrected chi connectivity index (χ2v) is 4.92. The van der Waals surface area contributed by atoms with Gasteiger partial charge in [0, 0.05) is 16.6 Å². The molecule has 4 nitrogen and oxygen atoms in total. The maximum absolute atomic E-state index is 12.2. The number of hydrogen-bond acceptors (Lipinski definition) is 3. The summed E-state index contributed by atoms with van der Waals surface area (Å²) >= 11 is 3.39. The number of alkyl halides is 1. The van der Waals surface area contributed by atoms with E-state index in [1.54, 1.807) is 18.2 Å². The van der Waals surface area contributed by atoms with Gasteiger partial charge in [0.1, 0.15) is 0 Å². The highest BCUT2D eigenvalue weighted by atomic mass is 79.9. The van der Waals surface area contributed by atoms with Gasteiger partial charge in [-0.2, -0.15) is 0 Å². The van der Waals surface area contributed by atoms with E-state index in [9.17, 15) is 4.79 Å². The molecular weight excluding hydrogens is 322 g/mol. The third-order valence-corrected chi connectivity index (χ3v) is 3.62. The van der Waals surface area contributed by atoms with Gasteiger partial charge in [-0.15, -0.1) is 0 Å². The van der Waals surface area contributed by atoms with Crippen molar-refractivity contribution in [3.63, 3.8) is 0 Å². The van der Waals surface area contributed by atoms with Crippen LogP contribution in [0.15, 0.2) is 42.5 Å². The van der Waals surface area contributed by atoms with Crippen LogP contribution in [0.2, 0.25) is 0 Å². The van der Waals surface area contributed by atoms with Gasteiger partial charge >= 0.3 is 0 Å². The van der Waals surface area contributed by atoms with Crippen molar-refractivity contribution >= 4 is 27.5 Å². The molecule has 1 N–H and O–H groups in total. The van der Waals surface area contributed by atoms with Crippen molar-refractivity contribution in [2.45, 2.75) is 5.33 Å². The third kappa shape index (κ3) is 2.63. The SMILES string of the molecule is O=C(Nc1cccc(CBr)c1)c1ccc2c(c1)OCO2. The molecular formula is C15H12BrNO3. The largest absolute Gasteiger partial charge is 0.454 e. The summed E-state index contributed by atoms with van der Waals surface area (Å²) in [6.07, 6.45) is 0. The molecule has 3 rings (SSSR count). The number of rotatable bonds is 3. The second-order valence-electron chi connectivity index (χ2n) is 4.36. The first-order valence-electron chi connectivity index (χ1n) is 6.12. The summed E-state index contributed by atoms with van der Waals surface area (Å²) in [6, 6.07) is 12.8. The van der Waals surface area contributed by atoms with Crippen molar-refractivity contribution in [1.29, 1.82) is 0 Å². The highest BCUT2D eigenvalue weighted by molar-refractivity contribution is 9.08. The van der Waals surface area contributed by atoms with Crippen LogP contribution >= 0.6 is 15.9 Å². The Balaban J connectivity index is 1.79. The number of fused-ring (bicyclic) bond motifs is 1. The van der Waals surface area contributed by atoms with E-state index in [0.29, 0.717) is 17.1 Å². The summed E-state index contributed by atoms with van der Waals surface area (Å²) in [5, 5.41) is 3.62. The molecule has 0 saturated carbocycles. The molecule has 102 valence electrons. The third-order valence-electron chi connectivity index (χ3n) is 2.97. The number of benzene rings is 2. The van der Waals surface area contributed by atoms with Gasteiger partial charge in [0.25, 0.3) is 5.91 Å². The Morgan fingerprint density at radius 2 is 2.00 bits per heavy atom. The fourth-order valence-corrected chi connectivity index (χ4v) is 2.32. The number of nitrogens with one attached hydrogen (secondary N) is 1. The Hall–Kier alpha value is -2.01. The topological polar surface area (TPSA) is 47.6 Å². The van der Waals surface area contributed by atoms with Gasteiger partial charge in [-0.05, 0) is 35.9 Å². The van der Waals surface area contributed by atoms with Gasteiger partial charge in [-0.1, -0.05) is 28.1 Å². The number of carbonyl (C=O) groups excluding carboxylic acids is 1. The maximum Gasteiger partial charge on any atom is 0.255 e. The summed E-state index contributed by atoms with van der Waals surface area (Å²) in [6.45, 7) is 0.202. The number of ether oxygens (including phenoxy) is 2. The van der Waals surface area contributed by atoms with Crippen molar-refractivity contribution in [3.8, 4) is 11.5 Å². The summed E-state index contributed by atoms with van der Waals surface area (Å²) in [4.78, 5) is 12.2. The Bertz CT molecular complexity index is 657. The zero-order chi connectivity index (χ0) is 13.9. The first-order valence-corrected chi connectivity index (χ1v) is 7.24. The van der Waals surface area contributed by atoms with Gasteiger partial charge in [0.15, 0.2) is 11.5 Å². The highest BCUT2D eigenvalue weighted by Gasteiger charge is 2.16. The zero-order valence-electron chi connectivity index (χ0n) is 10.6. The van der Waals surface area contributed by atoms with Gasteiger partial charge in [-0.3, -0.25) is 4.79 Å². The van der Waals surface area contributed by atoms with Crippen molar-refractivity contribution in [2.24, 2.45) is 0 Å². The van der Waals surface area contributed by atoms with Crippen LogP contribution in [-0.2, 0) is 5.33 Å². The number of hydrogen-bond donors (Lipinski definition) is 1. The second kappa shape index (κ2) is 5.54. The van der Waals surface area contributed by atoms with Gasteiger partial charge in [0.05, 0.1) is 0 Å². The number of amides is 1. The van der Waals surface area contributed by atoms with Crippen molar-refractivity contribution in [3.05, 3.63) is 53.6 Å². The predicted octanol–water partition coefficient (Wildman–Crippen LogP) is 3.56. The molecule has 0 radical (unpaired) electrons. The van der Waals surface area contributed by atoms with E-state index in [1.807, 2.05) is 24.3 Å². The smallest absolute Gasteiger partial charge is 0.255 e. The van der Waals surface area contributed by atoms with E-state index >= 15 is 0 Å². The molecule has 0 spiro atoms. The molecule has 2 aromatic rings. The summed E-state index contributed by atoms with van der Waals surface area (Å²) < 4.78 is 10.5. The molecule has 1 amide bonds. The number of carbonyl (C=O) groups is 1. The lowest BCUT2D eigenvalue weighted by atomic mass is 10.1. The van der Waals surface area contributed by atoms with E-state index < -0.39 is 0 Å². The van der Waals surface area contributed by atoms with Crippen LogP contribution in [-0.4, -0.2) is 12.7 Å². The highest BCUT2D eigenvalue weighted by Crippen LogP contribution is 2.32. The average molecular weight is 334 g/mol. The van der Waals surface area contributed by atoms with E-state index in [1.165, 1.54) is 0 Å². The average Bonchev–Trinajstić information content (AvgIpc) is 2.94. The van der Waals surface area contributed by atoms with Crippen molar-refractivity contribution < 1.29 is 14.3 Å². The van der Waals surface area contributed by atoms with Crippen LogP contribution in [0.4, 0.5) is 5.69 Å². The molecule has 0 fully saturated rings. The van der Waals surface area contributed by atoms with Crippen LogP contribution < -0.4 is 14.8 Å². The van der Waals surface area contributed by atoms with E-state index in [0.717, 1.165) is 16.6 Å². The summed E-state index contributed by atoms with van der Waals surface area (Å²) in [5.41, 5.74) is 2.41. The van der Waals surface area contributed by atoms with E-state index in [2.05, 4.69) is 21.2 Å². The van der Waals surface area contributed by atoms with Crippen LogP contribution in [0.5, 0.6) is 11.5 Å². The van der Waals surface area contributed by atoms with Gasteiger partial charge in [-0.25, -0.2) is 0 Å². The fraction of sp³-hybridized carbons (Fsp3) is 0.133. The normalized spacial score (nSPS) is 12.2. The molecule has 0 saturated heterocycles. The van der Waals surface area contributed by atoms with Crippen LogP contribution in [0.25, 0.3) is 0 Å². The van der Waals surface area contributed by atoms with E-state index in [-0.39, 0.29) is 12.7 Å². The Kier molecular flexibility index (Phi) is 3.60. The molecule has 1 heterocycles. The minimum atomic E-state index is -0.171. The first kappa shape index (κ1) is 13.0. The number of halogens is 1. The Morgan fingerprint density at radius 3 is 2.85 bits per heavy atom. The lowest BCUT2D eigenvalue weighted by Gasteiger charge is -2.07. The molecule has 0 bridgehead atoms. The molecule has 0 atom stereocenters. The minimum absolute atomic E-state index is 0.171. The van der Waals surface area contributed by atoms with Crippen molar-refractivity contribution in [2.75, 3.05) is 12.1 Å². The molecule has 1 aliphatic rings. The Morgan fingerprint density at radius 1 is 1.15 bits per heavy atom. The van der Waals surface area contributed by atoms with E-state index in [4.69, 9.17) is 9.47 Å². The summed E-state index contributed by atoms with van der Waals surface area (Å²) in [5.74, 6) is 1.10. The lowest BCUT2D eigenvalue weighted by molar-refractivity contribution is 0.102. The standard InChI is InChI=1S/C15H12BrNO3/c16-8-10-2-1-3-12(6-10)17-15(18)11-4-5-13-14(7-11)20-9-19-13/h1-7H,8-9H2,(H,17,18). The molecule has 5 heteroatoms. The molecule has 0 aromatic heterocycles. The minimum Gasteiger partial charge on any atom is -0.454 e. The maximum atomic E-state index is 12.2. The molecule has 2 aromatic carbocycles. The zero-order valence-corrected chi connectivity index (χ0v) is 12.1. The fourth-order valence-electron chi connectivity index (χ4n) is 1.97. The van der Waals surface area contributed by atoms with Gasteiger partial charge in [0.2, 0.25) is 6.79 Å². The number of anilines is 1. The van der Waals surface area contributed by atoms with Crippen LogP contribution in [0, 0.1) is 0 Å². The molecule has 0 unspecified atom stereocenters. The molecule has 1 aliphatic heterocycles. The monoisotopic (exact) mass is 333 g/mol. The molecule has 20 heavy (non-hydrogen) atoms. The molecule has 0 aliphatic carbocycles. The predicted molar refractivity (Wildman–Crippen MR) is 79.6 cm³/mol. The van der Waals surface area contributed by atoms with Crippen molar-refractivity contribution in [1.82, 2.24) is 0 Å². The quantitative estimate of drug-likeness (QED) is 0.873. The first-order chi connectivity index (χ1) is 9.76.